The largest absolute Gasteiger partial charge is 0.360 e. The number of aromatic nitrogens is 1. The smallest absolute Gasteiger partial charge is 0.273 e. The van der Waals surface area contributed by atoms with Crippen molar-refractivity contribution in [1.82, 2.24) is 10.5 Å². The van der Waals surface area contributed by atoms with Crippen molar-refractivity contribution in [3.63, 3.8) is 0 Å². The number of benzene rings is 1. The Hall–Kier alpha value is -1.81. The van der Waals surface area contributed by atoms with Crippen LogP contribution < -0.4 is 5.32 Å². The molecule has 0 saturated heterocycles. The summed E-state index contributed by atoms with van der Waals surface area (Å²) in [4.78, 5) is 12.4. The summed E-state index contributed by atoms with van der Waals surface area (Å²) < 4.78 is 5.26. The fourth-order valence-electron chi connectivity index (χ4n) is 2.74. The van der Waals surface area contributed by atoms with Crippen molar-refractivity contribution < 1.29 is 9.32 Å². The summed E-state index contributed by atoms with van der Waals surface area (Å²) in [5, 5.41) is 7.71. The molecule has 0 radical (unpaired) electrons. The highest BCUT2D eigenvalue weighted by Gasteiger charge is 2.34. The maximum Gasteiger partial charge on any atom is 0.273 e. The van der Waals surface area contributed by atoms with Crippen molar-refractivity contribution in [2.75, 3.05) is 0 Å². The Labute approximate surface area is 133 Å². The average Bonchev–Trinajstić information content (AvgIpc) is 3.45. The Balaban J connectivity index is 1.50. The van der Waals surface area contributed by atoms with Crippen molar-refractivity contribution in [2.24, 2.45) is 5.92 Å². The number of carbonyl (C=O) groups is 1. The Bertz CT molecular complexity index is 687. The Morgan fingerprint density at radius 1 is 1.23 bits per heavy atom. The monoisotopic (exact) mass is 316 g/mol. The molecule has 2 fully saturated rings. The molecule has 1 heterocycles. The van der Waals surface area contributed by atoms with Crippen molar-refractivity contribution in [3.8, 4) is 0 Å². The van der Waals surface area contributed by atoms with Gasteiger partial charge in [0.2, 0.25) is 0 Å². The second kappa shape index (κ2) is 5.43. The van der Waals surface area contributed by atoms with Gasteiger partial charge in [0.05, 0.1) is 6.04 Å². The molecule has 1 N–H and O–H groups in total. The fourth-order valence-corrected chi connectivity index (χ4v) is 2.87. The van der Waals surface area contributed by atoms with Crippen molar-refractivity contribution in [2.45, 2.75) is 37.6 Å². The molecule has 4 nitrogen and oxygen atoms in total. The van der Waals surface area contributed by atoms with Crippen molar-refractivity contribution in [1.29, 1.82) is 0 Å². The molecule has 0 aliphatic heterocycles. The van der Waals surface area contributed by atoms with E-state index in [-0.39, 0.29) is 11.9 Å². The predicted octanol–water partition coefficient (Wildman–Crippen LogP) is 4.09. The number of nitrogens with zero attached hydrogens (tertiary/aromatic N) is 1. The van der Waals surface area contributed by atoms with Crippen LogP contribution in [0.5, 0.6) is 0 Å². The molecule has 2 aliphatic carbocycles. The van der Waals surface area contributed by atoms with Gasteiger partial charge in [0.25, 0.3) is 5.91 Å². The highest BCUT2D eigenvalue weighted by molar-refractivity contribution is 6.30. The summed E-state index contributed by atoms with van der Waals surface area (Å²) in [7, 11) is 0. The first kappa shape index (κ1) is 13.8. The van der Waals surface area contributed by atoms with E-state index in [1.807, 2.05) is 24.3 Å². The number of hydrogen-bond acceptors (Lipinski definition) is 3. The van der Waals surface area contributed by atoms with Crippen LogP contribution >= 0.6 is 11.6 Å². The predicted molar refractivity (Wildman–Crippen MR) is 82.9 cm³/mol. The zero-order valence-electron chi connectivity index (χ0n) is 12.1. The van der Waals surface area contributed by atoms with Crippen LogP contribution in [0.4, 0.5) is 0 Å². The third-order valence-corrected chi connectivity index (χ3v) is 4.60. The standard InChI is InChI=1S/C17H17ClN2O2/c18-13-7-5-12(6-8-13)16(11-3-4-11)19-17(21)14-9-15(22-20-14)10-1-2-10/h5-11,16H,1-4H2,(H,19,21). The number of hydrogen-bond donors (Lipinski definition) is 1. The topological polar surface area (TPSA) is 55.1 Å². The zero-order chi connectivity index (χ0) is 15.1. The van der Waals surface area contributed by atoms with Gasteiger partial charge >= 0.3 is 0 Å². The summed E-state index contributed by atoms with van der Waals surface area (Å²) in [6, 6.07) is 9.47. The van der Waals surface area contributed by atoms with Gasteiger partial charge in [-0.2, -0.15) is 0 Å². The van der Waals surface area contributed by atoms with Gasteiger partial charge in [-0.25, -0.2) is 0 Å². The maximum atomic E-state index is 12.4. The number of nitrogens with one attached hydrogen (secondary N) is 1. The molecule has 1 aromatic carbocycles. The van der Waals surface area contributed by atoms with E-state index in [2.05, 4.69) is 10.5 Å². The van der Waals surface area contributed by atoms with Crippen LogP contribution in [0.1, 0.15) is 59.5 Å². The molecule has 1 atom stereocenters. The van der Waals surface area contributed by atoms with Crippen LogP contribution in [-0.4, -0.2) is 11.1 Å². The minimum atomic E-state index is -0.164. The summed E-state index contributed by atoms with van der Waals surface area (Å²) >= 11 is 5.94. The third kappa shape index (κ3) is 2.88. The van der Waals surface area contributed by atoms with Gasteiger partial charge < -0.3 is 9.84 Å². The lowest BCUT2D eigenvalue weighted by Crippen LogP contribution is -2.30. The summed E-state index contributed by atoms with van der Waals surface area (Å²) in [5.41, 5.74) is 1.47. The lowest BCUT2D eigenvalue weighted by Gasteiger charge is -2.18. The maximum absolute atomic E-state index is 12.4. The van der Waals surface area contributed by atoms with Crippen LogP contribution in [0.2, 0.25) is 5.02 Å². The van der Waals surface area contributed by atoms with Gasteiger partial charge in [-0.1, -0.05) is 28.9 Å². The van der Waals surface area contributed by atoms with Gasteiger partial charge in [0.15, 0.2) is 5.69 Å². The summed E-state index contributed by atoms with van der Waals surface area (Å²) in [6.07, 6.45) is 4.54. The second-order valence-corrected chi connectivity index (χ2v) is 6.67. The van der Waals surface area contributed by atoms with E-state index in [0.29, 0.717) is 22.6 Å². The molecule has 2 aliphatic rings. The third-order valence-electron chi connectivity index (χ3n) is 4.35. The normalized spacial score (nSPS) is 19.0. The molecule has 1 unspecified atom stereocenters. The van der Waals surface area contributed by atoms with Gasteiger partial charge in [-0.3, -0.25) is 4.79 Å². The SMILES string of the molecule is O=C(NC(c1ccc(Cl)cc1)C1CC1)c1cc(C2CC2)on1. The van der Waals surface area contributed by atoms with Gasteiger partial charge in [0, 0.05) is 17.0 Å². The quantitative estimate of drug-likeness (QED) is 0.904. The molecule has 2 saturated carbocycles. The molecule has 0 spiro atoms. The first-order chi connectivity index (χ1) is 10.7. The van der Waals surface area contributed by atoms with Gasteiger partial charge in [-0.05, 0) is 49.3 Å². The Morgan fingerprint density at radius 3 is 2.59 bits per heavy atom. The molecule has 114 valence electrons. The fraction of sp³-hybridized carbons (Fsp3) is 0.412. The molecular weight excluding hydrogens is 300 g/mol. The first-order valence-corrected chi connectivity index (χ1v) is 8.11. The lowest BCUT2D eigenvalue weighted by molar-refractivity contribution is 0.0922. The van der Waals surface area contributed by atoms with E-state index in [1.165, 1.54) is 0 Å². The molecule has 2 aromatic rings. The first-order valence-electron chi connectivity index (χ1n) is 7.73. The van der Waals surface area contributed by atoms with Crippen LogP contribution in [-0.2, 0) is 0 Å². The summed E-state index contributed by atoms with van der Waals surface area (Å²) in [5.74, 6) is 1.63. The Morgan fingerprint density at radius 2 is 1.95 bits per heavy atom. The van der Waals surface area contributed by atoms with Crippen molar-refractivity contribution >= 4 is 17.5 Å². The van der Waals surface area contributed by atoms with Crippen LogP contribution in [0, 0.1) is 5.92 Å². The number of rotatable bonds is 5. The number of carbonyl (C=O) groups excluding carboxylic acids is 1. The molecule has 5 heteroatoms. The average molecular weight is 317 g/mol. The van der Waals surface area contributed by atoms with E-state index in [1.54, 1.807) is 6.07 Å². The second-order valence-electron chi connectivity index (χ2n) is 6.23. The minimum Gasteiger partial charge on any atom is -0.360 e. The van der Waals surface area contributed by atoms with Crippen LogP contribution in [0.3, 0.4) is 0 Å². The van der Waals surface area contributed by atoms with E-state index >= 15 is 0 Å². The minimum absolute atomic E-state index is 0.0193. The molecule has 1 amide bonds. The van der Waals surface area contributed by atoms with Gasteiger partial charge in [-0.15, -0.1) is 0 Å². The zero-order valence-corrected chi connectivity index (χ0v) is 12.8. The number of halogens is 1. The molecule has 0 bridgehead atoms. The molecule has 4 rings (SSSR count). The van der Waals surface area contributed by atoms with E-state index in [9.17, 15) is 4.79 Å². The molecule has 22 heavy (non-hydrogen) atoms. The van der Waals surface area contributed by atoms with E-state index < -0.39 is 0 Å². The number of amides is 1. The highest BCUT2D eigenvalue weighted by atomic mass is 35.5. The lowest BCUT2D eigenvalue weighted by atomic mass is 10.0. The van der Waals surface area contributed by atoms with Crippen LogP contribution in [0.15, 0.2) is 34.9 Å². The van der Waals surface area contributed by atoms with E-state index in [4.69, 9.17) is 16.1 Å². The van der Waals surface area contributed by atoms with E-state index in [0.717, 1.165) is 37.0 Å². The van der Waals surface area contributed by atoms with Crippen LogP contribution in [0.25, 0.3) is 0 Å². The Kier molecular flexibility index (Phi) is 3.41. The molecule has 1 aromatic heterocycles. The highest BCUT2D eigenvalue weighted by Crippen LogP contribution is 2.42. The summed E-state index contributed by atoms with van der Waals surface area (Å²) in [6.45, 7) is 0. The molecular formula is C17H17ClN2O2. The van der Waals surface area contributed by atoms with Gasteiger partial charge in [0.1, 0.15) is 5.76 Å². The van der Waals surface area contributed by atoms with Crippen molar-refractivity contribution in [3.05, 3.63) is 52.4 Å².